The van der Waals surface area contributed by atoms with Crippen molar-refractivity contribution in [2.24, 2.45) is 0 Å². The van der Waals surface area contributed by atoms with E-state index in [4.69, 9.17) is 0 Å². The molecule has 2 aromatic carbocycles. The summed E-state index contributed by atoms with van der Waals surface area (Å²) in [5, 5.41) is 6.03. The number of hydrogen-bond donors (Lipinski definition) is 2. The molecule has 2 rings (SSSR count). The fourth-order valence-electron chi connectivity index (χ4n) is 2.09. The second-order valence-electron chi connectivity index (χ2n) is 4.89. The monoisotopic (exact) mass is 318 g/mol. The lowest BCUT2D eigenvalue weighted by Gasteiger charge is -2.15. The van der Waals surface area contributed by atoms with Crippen molar-refractivity contribution in [2.45, 2.75) is 17.9 Å². The van der Waals surface area contributed by atoms with Crippen LogP contribution < -0.4 is 10.6 Å². The van der Waals surface area contributed by atoms with Gasteiger partial charge in [0.05, 0.1) is 12.6 Å². The molecule has 0 fully saturated rings. The van der Waals surface area contributed by atoms with Crippen molar-refractivity contribution in [3.05, 3.63) is 59.9 Å². The Morgan fingerprint density at radius 3 is 2.55 bits per heavy atom. The van der Waals surface area contributed by atoms with E-state index in [-0.39, 0.29) is 24.3 Å². The van der Waals surface area contributed by atoms with E-state index in [1.54, 1.807) is 23.9 Å². The number of benzene rings is 2. The Morgan fingerprint density at radius 2 is 1.86 bits per heavy atom. The number of para-hydroxylation sites is 1. The fourth-order valence-corrected chi connectivity index (χ4v) is 2.67. The van der Waals surface area contributed by atoms with Gasteiger partial charge in [0, 0.05) is 10.6 Å². The van der Waals surface area contributed by atoms with Crippen LogP contribution in [0, 0.1) is 5.82 Å². The number of thioether (sulfide) groups is 1. The molecule has 1 unspecified atom stereocenters. The van der Waals surface area contributed by atoms with Gasteiger partial charge in [-0.1, -0.05) is 24.3 Å². The van der Waals surface area contributed by atoms with Crippen molar-refractivity contribution in [3.63, 3.8) is 0 Å². The first kappa shape index (κ1) is 16.4. The molecule has 2 N–H and O–H groups in total. The van der Waals surface area contributed by atoms with Crippen LogP contribution in [-0.4, -0.2) is 18.7 Å². The Labute approximate surface area is 134 Å². The molecular weight excluding hydrogens is 299 g/mol. The van der Waals surface area contributed by atoms with Gasteiger partial charge in [0.15, 0.2) is 0 Å². The summed E-state index contributed by atoms with van der Waals surface area (Å²) in [5.41, 5.74) is 1.82. The molecular formula is C17H19FN2OS. The van der Waals surface area contributed by atoms with Crippen LogP contribution in [0.3, 0.4) is 0 Å². The molecule has 0 saturated carbocycles. The molecule has 0 aliphatic heterocycles. The van der Waals surface area contributed by atoms with E-state index in [1.807, 2.05) is 37.4 Å². The van der Waals surface area contributed by atoms with Gasteiger partial charge in [-0.25, -0.2) is 4.39 Å². The van der Waals surface area contributed by atoms with Crippen molar-refractivity contribution in [1.82, 2.24) is 5.32 Å². The highest BCUT2D eigenvalue weighted by Crippen LogP contribution is 2.24. The third-order valence-electron chi connectivity index (χ3n) is 3.29. The summed E-state index contributed by atoms with van der Waals surface area (Å²) < 4.78 is 12.9. The first-order chi connectivity index (χ1) is 10.6. The zero-order valence-corrected chi connectivity index (χ0v) is 13.4. The summed E-state index contributed by atoms with van der Waals surface area (Å²) in [6, 6.07) is 13.8. The highest BCUT2D eigenvalue weighted by molar-refractivity contribution is 7.98. The molecule has 0 saturated heterocycles. The quantitative estimate of drug-likeness (QED) is 0.795. The molecule has 0 aromatic heterocycles. The zero-order chi connectivity index (χ0) is 15.9. The van der Waals surface area contributed by atoms with E-state index in [2.05, 4.69) is 10.6 Å². The number of nitrogens with one attached hydrogen (secondary N) is 2. The minimum absolute atomic E-state index is 0.104. The van der Waals surface area contributed by atoms with Crippen LogP contribution in [0.1, 0.15) is 18.5 Å². The maximum atomic E-state index is 12.9. The van der Waals surface area contributed by atoms with E-state index < -0.39 is 0 Å². The van der Waals surface area contributed by atoms with E-state index in [1.165, 1.54) is 12.1 Å². The number of hydrogen-bond acceptors (Lipinski definition) is 3. The zero-order valence-electron chi connectivity index (χ0n) is 12.6. The second kappa shape index (κ2) is 7.84. The Morgan fingerprint density at radius 1 is 1.18 bits per heavy atom. The van der Waals surface area contributed by atoms with E-state index in [0.717, 1.165) is 16.1 Å². The van der Waals surface area contributed by atoms with Crippen molar-refractivity contribution < 1.29 is 9.18 Å². The van der Waals surface area contributed by atoms with Crippen LogP contribution in [0.4, 0.5) is 10.1 Å². The summed E-state index contributed by atoms with van der Waals surface area (Å²) in [6.45, 7) is 2.07. The van der Waals surface area contributed by atoms with Gasteiger partial charge in [-0.2, -0.15) is 0 Å². The largest absolute Gasteiger partial charge is 0.375 e. The van der Waals surface area contributed by atoms with Gasteiger partial charge in [-0.3, -0.25) is 4.79 Å². The molecule has 0 spiro atoms. The minimum Gasteiger partial charge on any atom is -0.375 e. The Balaban J connectivity index is 1.88. The Bertz CT molecular complexity index is 631. The molecule has 2 aromatic rings. The van der Waals surface area contributed by atoms with Crippen LogP contribution >= 0.6 is 11.8 Å². The first-order valence-corrected chi connectivity index (χ1v) is 8.24. The lowest BCUT2D eigenvalue weighted by Crippen LogP contribution is -2.32. The van der Waals surface area contributed by atoms with Gasteiger partial charge < -0.3 is 10.6 Å². The molecule has 0 radical (unpaired) electrons. The van der Waals surface area contributed by atoms with Gasteiger partial charge in [0.2, 0.25) is 5.91 Å². The molecule has 116 valence electrons. The number of rotatable bonds is 6. The molecule has 0 aliphatic carbocycles. The highest BCUT2D eigenvalue weighted by Gasteiger charge is 2.10. The van der Waals surface area contributed by atoms with Gasteiger partial charge in [0.25, 0.3) is 0 Å². The van der Waals surface area contributed by atoms with Gasteiger partial charge in [-0.05, 0) is 43.0 Å². The Kier molecular flexibility index (Phi) is 5.83. The lowest BCUT2D eigenvalue weighted by molar-refractivity contribution is -0.120. The van der Waals surface area contributed by atoms with Crippen LogP contribution in [0.2, 0.25) is 0 Å². The Hall–Kier alpha value is -2.01. The molecule has 0 heterocycles. The van der Waals surface area contributed by atoms with E-state index >= 15 is 0 Å². The van der Waals surface area contributed by atoms with Crippen LogP contribution in [-0.2, 0) is 4.79 Å². The van der Waals surface area contributed by atoms with Gasteiger partial charge in [0.1, 0.15) is 5.82 Å². The van der Waals surface area contributed by atoms with Crippen molar-refractivity contribution in [2.75, 3.05) is 18.1 Å². The highest BCUT2D eigenvalue weighted by atomic mass is 32.2. The van der Waals surface area contributed by atoms with Crippen LogP contribution in [0.5, 0.6) is 0 Å². The second-order valence-corrected chi connectivity index (χ2v) is 5.74. The van der Waals surface area contributed by atoms with Crippen LogP contribution in [0.25, 0.3) is 0 Å². The summed E-state index contributed by atoms with van der Waals surface area (Å²) in [7, 11) is 0. The maximum Gasteiger partial charge on any atom is 0.239 e. The average Bonchev–Trinajstić information content (AvgIpc) is 2.53. The third-order valence-corrected chi connectivity index (χ3v) is 4.09. The predicted octanol–water partition coefficient (Wildman–Crippen LogP) is 3.84. The molecule has 0 aliphatic rings. The summed E-state index contributed by atoms with van der Waals surface area (Å²) >= 11 is 1.63. The first-order valence-electron chi connectivity index (χ1n) is 7.02. The SMILES string of the molecule is CSc1ccccc1NCC(=O)NC(C)c1ccc(F)cc1. The van der Waals surface area contributed by atoms with E-state index in [0.29, 0.717) is 0 Å². The van der Waals surface area contributed by atoms with Gasteiger partial charge >= 0.3 is 0 Å². The standard InChI is InChI=1S/C17H19FN2OS/c1-12(13-7-9-14(18)10-8-13)20-17(21)11-19-15-5-3-4-6-16(15)22-2/h3-10,12,19H,11H2,1-2H3,(H,20,21). The number of anilines is 1. The number of carbonyl (C=O) groups excluding carboxylic acids is 1. The van der Waals surface area contributed by atoms with Gasteiger partial charge in [-0.15, -0.1) is 11.8 Å². The smallest absolute Gasteiger partial charge is 0.239 e. The topological polar surface area (TPSA) is 41.1 Å². The minimum atomic E-state index is -0.280. The van der Waals surface area contributed by atoms with Crippen molar-refractivity contribution in [1.29, 1.82) is 0 Å². The number of halogens is 1. The molecule has 3 nitrogen and oxygen atoms in total. The summed E-state index contributed by atoms with van der Waals surface area (Å²) in [6.07, 6.45) is 2.00. The van der Waals surface area contributed by atoms with Crippen molar-refractivity contribution >= 4 is 23.4 Å². The lowest BCUT2D eigenvalue weighted by atomic mass is 10.1. The molecule has 5 heteroatoms. The maximum absolute atomic E-state index is 12.9. The van der Waals surface area contributed by atoms with E-state index in [9.17, 15) is 9.18 Å². The fraction of sp³-hybridized carbons (Fsp3) is 0.235. The molecule has 1 atom stereocenters. The number of carbonyl (C=O) groups is 1. The normalized spacial score (nSPS) is 11.8. The molecule has 0 bridgehead atoms. The predicted molar refractivity (Wildman–Crippen MR) is 89.7 cm³/mol. The third kappa shape index (κ3) is 4.49. The van der Waals surface area contributed by atoms with Crippen molar-refractivity contribution in [3.8, 4) is 0 Å². The number of amides is 1. The van der Waals surface area contributed by atoms with Crippen LogP contribution in [0.15, 0.2) is 53.4 Å². The average molecular weight is 318 g/mol. The summed E-state index contributed by atoms with van der Waals surface area (Å²) in [4.78, 5) is 13.1. The molecule has 1 amide bonds. The molecule has 22 heavy (non-hydrogen) atoms. The summed E-state index contributed by atoms with van der Waals surface area (Å²) in [5.74, 6) is -0.384.